The van der Waals surface area contributed by atoms with Crippen molar-refractivity contribution in [1.82, 2.24) is 0 Å². The summed E-state index contributed by atoms with van der Waals surface area (Å²) in [6.45, 7) is 0. The smallest absolute Gasteiger partial charge is 0.305 e. The third kappa shape index (κ3) is 4.34. The lowest BCUT2D eigenvalue weighted by Gasteiger charge is -2.32. The number of carbonyl (C=O) groups is 1. The van der Waals surface area contributed by atoms with E-state index < -0.39 is 17.3 Å². The Bertz CT molecular complexity index is 1140. The van der Waals surface area contributed by atoms with Crippen molar-refractivity contribution in [2.24, 2.45) is 0 Å². The van der Waals surface area contributed by atoms with Crippen LogP contribution in [0.5, 0.6) is 5.75 Å². The van der Waals surface area contributed by atoms with Gasteiger partial charge in [-0.1, -0.05) is 35.9 Å². The number of hydrogen-bond acceptors (Lipinski definition) is 5. The molecule has 0 amide bonds. The van der Waals surface area contributed by atoms with Gasteiger partial charge in [0.2, 0.25) is 0 Å². The van der Waals surface area contributed by atoms with Gasteiger partial charge in [0.25, 0.3) is 0 Å². The Hall–Kier alpha value is -3.32. The average molecular weight is 459 g/mol. The predicted molar refractivity (Wildman–Crippen MR) is 119 cm³/mol. The summed E-state index contributed by atoms with van der Waals surface area (Å²) in [6, 6.07) is 14.5. The number of phenols is 1. The Labute approximate surface area is 189 Å². The van der Waals surface area contributed by atoms with Crippen LogP contribution in [0, 0.1) is 11.6 Å². The minimum Gasteiger partial charge on any atom is -0.507 e. The number of rotatable bonds is 6. The van der Waals surface area contributed by atoms with Crippen molar-refractivity contribution in [3.05, 3.63) is 87.9 Å². The van der Waals surface area contributed by atoms with Crippen LogP contribution in [0.4, 0.5) is 20.2 Å². The molecule has 3 aromatic carbocycles. The van der Waals surface area contributed by atoms with Crippen LogP contribution in [-0.4, -0.2) is 18.2 Å². The molecule has 0 radical (unpaired) electrons. The van der Waals surface area contributed by atoms with Crippen molar-refractivity contribution in [3.8, 4) is 5.75 Å². The maximum absolute atomic E-state index is 13.8. The quantitative estimate of drug-likeness (QED) is 0.434. The Morgan fingerprint density at radius 1 is 1.00 bits per heavy atom. The first-order valence-corrected chi connectivity index (χ1v) is 10.4. The minimum atomic E-state index is -1.06. The summed E-state index contributed by atoms with van der Waals surface area (Å²) in [5.74, 6) is -2.27. The Balaban J connectivity index is 1.66. The number of nitrogens with one attached hydrogen (secondary N) is 2. The molecule has 1 aliphatic heterocycles. The number of methoxy groups -OCH3 is 1. The molecule has 8 heteroatoms. The van der Waals surface area contributed by atoms with Gasteiger partial charge in [-0.25, -0.2) is 8.78 Å². The molecule has 0 fully saturated rings. The zero-order chi connectivity index (χ0) is 22.9. The summed E-state index contributed by atoms with van der Waals surface area (Å²) >= 11 is 6.01. The average Bonchev–Trinajstić information content (AvgIpc) is 3.10. The minimum absolute atomic E-state index is 0.0547. The molecule has 1 aliphatic rings. The van der Waals surface area contributed by atoms with Crippen LogP contribution >= 0.6 is 11.6 Å². The van der Waals surface area contributed by atoms with Crippen molar-refractivity contribution in [2.75, 3.05) is 17.7 Å². The highest BCUT2D eigenvalue weighted by Gasteiger charge is 2.40. The lowest BCUT2D eigenvalue weighted by Crippen LogP contribution is -2.41. The third-order valence-corrected chi connectivity index (χ3v) is 5.75. The molecule has 0 aromatic heterocycles. The van der Waals surface area contributed by atoms with Gasteiger partial charge in [-0.15, -0.1) is 0 Å². The molecule has 0 saturated carbocycles. The van der Waals surface area contributed by atoms with Crippen LogP contribution in [0.2, 0.25) is 5.02 Å². The summed E-state index contributed by atoms with van der Waals surface area (Å²) in [5, 5.41) is 17.4. The fraction of sp³-hybridized carbons (Fsp3) is 0.208. The van der Waals surface area contributed by atoms with Gasteiger partial charge in [0.05, 0.1) is 18.5 Å². The highest BCUT2D eigenvalue weighted by Crippen LogP contribution is 2.45. The van der Waals surface area contributed by atoms with E-state index in [9.17, 15) is 18.7 Å². The Morgan fingerprint density at radius 3 is 2.16 bits per heavy atom. The molecular weight excluding hydrogens is 438 g/mol. The number of halogens is 3. The summed E-state index contributed by atoms with van der Waals surface area (Å²) in [5.41, 5.74) is 2.05. The standard InChI is InChI=1S/C24H21ClF2N2O3/c1-32-23(31)9-6-14-2-4-15(5-3-14)13-24(17-8-7-16(25)10-22(17)30)28-20-11-18(26)19(27)12-21(20)29-24/h2-5,7-8,10-12,28-30H,6,9,13H2,1H3. The van der Waals surface area contributed by atoms with Crippen LogP contribution in [0.3, 0.4) is 0 Å². The van der Waals surface area contributed by atoms with E-state index in [1.807, 2.05) is 24.3 Å². The fourth-order valence-corrected chi connectivity index (χ4v) is 4.07. The van der Waals surface area contributed by atoms with E-state index >= 15 is 0 Å². The lowest BCUT2D eigenvalue weighted by atomic mass is 9.91. The summed E-state index contributed by atoms with van der Waals surface area (Å²) in [6.07, 6.45) is 1.18. The molecule has 0 unspecified atom stereocenters. The van der Waals surface area contributed by atoms with Gasteiger partial charge in [-0.05, 0) is 35.7 Å². The Morgan fingerprint density at radius 2 is 1.59 bits per heavy atom. The highest BCUT2D eigenvalue weighted by molar-refractivity contribution is 6.30. The molecule has 3 aromatic rings. The van der Waals surface area contributed by atoms with Gasteiger partial charge < -0.3 is 20.5 Å². The molecule has 0 saturated heterocycles. The molecule has 0 bridgehead atoms. The van der Waals surface area contributed by atoms with Gasteiger partial charge >= 0.3 is 5.97 Å². The lowest BCUT2D eigenvalue weighted by molar-refractivity contribution is -0.140. The molecule has 166 valence electrons. The van der Waals surface area contributed by atoms with Crippen molar-refractivity contribution >= 4 is 28.9 Å². The number of carbonyl (C=O) groups excluding carboxylic acids is 1. The number of aryl methyl sites for hydroxylation is 1. The maximum atomic E-state index is 13.8. The first kappa shape index (κ1) is 21.9. The van der Waals surface area contributed by atoms with Crippen LogP contribution in [0.1, 0.15) is 23.1 Å². The van der Waals surface area contributed by atoms with Crippen molar-refractivity contribution < 1.29 is 23.4 Å². The number of ether oxygens (including phenoxy) is 1. The number of anilines is 2. The first-order chi connectivity index (χ1) is 15.3. The van der Waals surface area contributed by atoms with E-state index in [0.29, 0.717) is 34.8 Å². The van der Waals surface area contributed by atoms with Crippen LogP contribution in [0.25, 0.3) is 0 Å². The molecule has 4 rings (SSSR count). The number of aromatic hydroxyl groups is 1. The van der Waals surface area contributed by atoms with Gasteiger partial charge in [0, 0.05) is 35.6 Å². The van der Waals surface area contributed by atoms with E-state index in [0.717, 1.165) is 23.3 Å². The van der Waals surface area contributed by atoms with E-state index in [-0.39, 0.29) is 18.1 Å². The molecule has 3 N–H and O–H groups in total. The fourth-order valence-electron chi connectivity index (χ4n) is 3.91. The zero-order valence-corrected chi connectivity index (χ0v) is 18.0. The molecule has 0 aliphatic carbocycles. The number of phenolic OH excluding ortho intramolecular Hbond substituents is 1. The maximum Gasteiger partial charge on any atom is 0.305 e. The van der Waals surface area contributed by atoms with Crippen LogP contribution in [0.15, 0.2) is 54.6 Å². The van der Waals surface area contributed by atoms with E-state index in [1.165, 1.54) is 13.2 Å². The second-order valence-electron chi connectivity index (χ2n) is 7.70. The first-order valence-electron chi connectivity index (χ1n) is 9.99. The predicted octanol–water partition coefficient (Wildman–Crippen LogP) is 5.36. The number of benzene rings is 3. The molecule has 32 heavy (non-hydrogen) atoms. The third-order valence-electron chi connectivity index (χ3n) is 5.51. The van der Waals surface area contributed by atoms with Crippen molar-refractivity contribution in [2.45, 2.75) is 24.9 Å². The van der Waals surface area contributed by atoms with Crippen molar-refractivity contribution in [1.29, 1.82) is 0 Å². The molecule has 5 nitrogen and oxygen atoms in total. The highest BCUT2D eigenvalue weighted by atomic mass is 35.5. The van der Waals surface area contributed by atoms with E-state index in [2.05, 4.69) is 15.4 Å². The number of fused-ring (bicyclic) bond motifs is 1. The summed E-state index contributed by atoms with van der Waals surface area (Å²) < 4.78 is 32.4. The topological polar surface area (TPSA) is 70.6 Å². The summed E-state index contributed by atoms with van der Waals surface area (Å²) in [4.78, 5) is 11.4. The monoisotopic (exact) mass is 458 g/mol. The summed E-state index contributed by atoms with van der Waals surface area (Å²) in [7, 11) is 1.36. The molecule has 0 spiro atoms. The van der Waals surface area contributed by atoms with Gasteiger partial charge in [-0.3, -0.25) is 4.79 Å². The molecule has 0 atom stereocenters. The SMILES string of the molecule is COC(=O)CCc1ccc(CC2(c3ccc(Cl)cc3O)Nc3cc(F)c(F)cc3N2)cc1. The largest absolute Gasteiger partial charge is 0.507 e. The van der Waals surface area contributed by atoms with Gasteiger partial charge in [0.1, 0.15) is 11.4 Å². The van der Waals surface area contributed by atoms with E-state index in [1.54, 1.807) is 12.1 Å². The van der Waals surface area contributed by atoms with Gasteiger partial charge in [0.15, 0.2) is 11.6 Å². The van der Waals surface area contributed by atoms with Crippen molar-refractivity contribution in [3.63, 3.8) is 0 Å². The van der Waals surface area contributed by atoms with Crippen LogP contribution < -0.4 is 10.6 Å². The normalized spacial score (nSPS) is 13.8. The zero-order valence-electron chi connectivity index (χ0n) is 17.2. The number of hydrogen-bond donors (Lipinski definition) is 3. The second kappa shape index (κ2) is 8.67. The Kier molecular flexibility index (Phi) is 5.93. The van der Waals surface area contributed by atoms with Gasteiger partial charge in [-0.2, -0.15) is 0 Å². The number of esters is 1. The second-order valence-corrected chi connectivity index (χ2v) is 8.13. The van der Waals surface area contributed by atoms with E-state index in [4.69, 9.17) is 11.6 Å². The molecular formula is C24H21ClF2N2O3. The van der Waals surface area contributed by atoms with Crippen LogP contribution in [-0.2, 0) is 28.0 Å². The molecule has 1 heterocycles.